The quantitative estimate of drug-likeness (QED) is 0.896. The van der Waals surface area contributed by atoms with E-state index in [9.17, 15) is 13.2 Å². The van der Waals surface area contributed by atoms with Gasteiger partial charge in [-0.15, -0.1) is 0 Å². The number of piperidine rings is 1. The summed E-state index contributed by atoms with van der Waals surface area (Å²) in [6.07, 6.45) is -2.29. The van der Waals surface area contributed by atoms with Crippen molar-refractivity contribution in [3.8, 4) is 0 Å². The van der Waals surface area contributed by atoms with Crippen LogP contribution in [0.1, 0.15) is 25.3 Å². The molecule has 0 aromatic heterocycles. The van der Waals surface area contributed by atoms with E-state index in [1.807, 2.05) is 18.2 Å². The van der Waals surface area contributed by atoms with Crippen molar-refractivity contribution in [2.45, 2.75) is 38.5 Å². The highest BCUT2D eigenvalue weighted by molar-refractivity contribution is 5.14. The predicted molar refractivity (Wildman–Crippen MR) is 78.0 cm³/mol. The summed E-state index contributed by atoms with van der Waals surface area (Å²) < 4.78 is 37.1. The molecule has 1 aliphatic rings. The summed E-state index contributed by atoms with van der Waals surface area (Å²) in [4.78, 5) is 2.26. The van der Waals surface area contributed by atoms with E-state index in [0.29, 0.717) is 12.5 Å². The first-order valence-corrected chi connectivity index (χ1v) is 7.52. The van der Waals surface area contributed by atoms with E-state index >= 15 is 0 Å². The Morgan fingerprint density at radius 3 is 2.52 bits per heavy atom. The van der Waals surface area contributed by atoms with Crippen molar-refractivity contribution >= 4 is 0 Å². The van der Waals surface area contributed by atoms with Crippen LogP contribution < -0.4 is 5.32 Å². The molecule has 2 atom stereocenters. The van der Waals surface area contributed by atoms with Crippen molar-refractivity contribution in [2.75, 3.05) is 19.6 Å². The van der Waals surface area contributed by atoms with Gasteiger partial charge in [0.15, 0.2) is 0 Å². The SMILES string of the molecule is CCC1CC(NCC(F)(F)F)CN(Cc2ccccc2)C1. The largest absolute Gasteiger partial charge is 0.401 e. The van der Waals surface area contributed by atoms with E-state index in [1.165, 1.54) is 5.56 Å². The lowest BCUT2D eigenvalue weighted by Gasteiger charge is -2.38. The van der Waals surface area contributed by atoms with Crippen molar-refractivity contribution < 1.29 is 13.2 Å². The molecule has 21 heavy (non-hydrogen) atoms. The number of nitrogens with one attached hydrogen (secondary N) is 1. The summed E-state index contributed by atoms with van der Waals surface area (Å²) in [5, 5.41) is 2.67. The van der Waals surface area contributed by atoms with Crippen LogP contribution in [0, 0.1) is 5.92 Å². The maximum Gasteiger partial charge on any atom is 0.401 e. The number of benzene rings is 1. The first-order chi connectivity index (χ1) is 9.96. The van der Waals surface area contributed by atoms with E-state index in [4.69, 9.17) is 0 Å². The number of nitrogens with zero attached hydrogens (tertiary/aromatic N) is 1. The summed E-state index contributed by atoms with van der Waals surface area (Å²) in [7, 11) is 0. The standard InChI is InChI=1S/C16H23F3N2/c1-2-13-8-15(20-12-16(17,18)19)11-21(9-13)10-14-6-4-3-5-7-14/h3-7,13,15,20H,2,8-12H2,1H3. The molecule has 1 heterocycles. The summed E-state index contributed by atoms with van der Waals surface area (Å²) in [5.74, 6) is 0.466. The fourth-order valence-corrected chi connectivity index (χ4v) is 2.98. The molecule has 1 aromatic rings. The highest BCUT2D eigenvalue weighted by Gasteiger charge is 2.31. The van der Waals surface area contributed by atoms with E-state index in [0.717, 1.165) is 25.9 Å². The molecule has 2 rings (SSSR count). The van der Waals surface area contributed by atoms with Gasteiger partial charge in [0, 0.05) is 25.7 Å². The summed E-state index contributed by atoms with van der Waals surface area (Å²) >= 11 is 0. The van der Waals surface area contributed by atoms with Crippen molar-refractivity contribution in [3.63, 3.8) is 0 Å². The van der Waals surface area contributed by atoms with E-state index in [2.05, 4.69) is 29.3 Å². The van der Waals surface area contributed by atoms with Crippen LogP contribution in [-0.4, -0.2) is 36.8 Å². The van der Waals surface area contributed by atoms with Gasteiger partial charge in [0.2, 0.25) is 0 Å². The van der Waals surface area contributed by atoms with Crippen LogP contribution in [0.25, 0.3) is 0 Å². The van der Waals surface area contributed by atoms with Gasteiger partial charge in [-0.25, -0.2) is 0 Å². The fourth-order valence-electron chi connectivity index (χ4n) is 2.98. The molecule has 1 aromatic carbocycles. The molecule has 5 heteroatoms. The number of hydrogen-bond donors (Lipinski definition) is 1. The van der Waals surface area contributed by atoms with Crippen LogP contribution in [0.5, 0.6) is 0 Å². The Kier molecular flexibility index (Phi) is 5.65. The van der Waals surface area contributed by atoms with Gasteiger partial charge in [0.25, 0.3) is 0 Å². The van der Waals surface area contributed by atoms with Gasteiger partial charge in [0.05, 0.1) is 6.54 Å². The third-order valence-electron chi connectivity index (χ3n) is 4.03. The lowest BCUT2D eigenvalue weighted by Crippen LogP contribution is -2.50. The van der Waals surface area contributed by atoms with Gasteiger partial charge in [-0.05, 0) is 17.9 Å². The zero-order valence-corrected chi connectivity index (χ0v) is 12.4. The smallest absolute Gasteiger partial charge is 0.305 e. The highest BCUT2D eigenvalue weighted by atomic mass is 19.4. The van der Waals surface area contributed by atoms with Crippen LogP contribution in [-0.2, 0) is 6.54 Å². The Morgan fingerprint density at radius 1 is 1.19 bits per heavy atom. The van der Waals surface area contributed by atoms with E-state index < -0.39 is 12.7 Å². The van der Waals surface area contributed by atoms with Crippen molar-refractivity contribution in [1.29, 1.82) is 0 Å². The van der Waals surface area contributed by atoms with E-state index in [1.54, 1.807) is 0 Å². The minimum atomic E-state index is -4.14. The normalized spacial score (nSPS) is 24.2. The molecule has 1 aliphatic heterocycles. The monoisotopic (exact) mass is 300 g/mol. The number of alkyl halides is 3. The molecule has 0 saturated carbocycles. The summed E-state index contributed by atoms with van der Waals surface area (Å²) in [5.41, 5.74) is 1.21. The second-order valence-electron chi connectivity index (χ2n) is 5.88. The second kappa shape index (κ2) is 7.27. The second-order valence-corrected chi connectivity index (χ2v) is 5.88. The lowest BCUT2D eigenvalue weighted by atomic mass is 9.91. The zero-order chi connectivity index (χ0) is 15.3. The molecule has 0 amide bonds. The van der Waals surface area contributed by atoms with Crippen LogP contribution >= 0.6 is 0 Å². The molecule has 1 N–H and O–H groups in total. The Balaban J connectivity index is 1.92. The maximum atomic E-state index is 12.4. The van der Waals surface area contributed by atoms with Gasteiger partial charge in [-0.3, -0.25) is 4.90 Å². The number of hydrogen-bond acceptors (Lipinski definition) is 2. The average molecular weight is 300 g/mol. The van der Waals surface area contributed by atoms with E-state index in [-0.39, 0.29) is 6.04 Å². The zero-order valence-electron chi connectivity index (χ0n) is 12.4. The average Bonchev–Trinajstić information content (AvgIpc) is 2.45. The molecule has 2 unspecified atom stereocenters. The minimum absolute atomic E-state index is 0.0750. The molecule has 1 fully saturated rings. The first kappa shape index (κ1) is 16.3. The van der Waals surface area contributed by atoms with Crippen molar-refractivity contribution in [1.82, 2.24) is 10.2 Å². The minimum Gasteiger partial charge on any atom is -0.305 e. The molecular formula is C16H23F3N2. The van der Waals surface area contributed by atoms with Gasteiger partial charge >= 0.3 is 6.18 Å². The van der Waals surface area contributed by atoms with Crippen LogP contribution in [0.2, 0.25) is 0 Å². The fraction of sp³-hybridized carbons (Fsp3) is 0.625. The first-order valence-electron chi connectivity index (χ1n) is 7.52. The number of rotatable bonds is 5. The summed E-state index contributed by atoms with van der Waals surface area (Å²) in [6, 6.07) is 10.0. The molecule has 118 valence electrons. The summed E-state index contributed by atoms with van der Waals surface area (Å²) in [6.45, 7) is 3.67. The molecule has 0 spiro atoms. The lowest BCUT2D eigenvalue weighted by molar-refractivity contribution is -0.127. The molecule has 0 bridgehead atoms. The van der Waals surface area contributed by atoms with Gasteiger partial charge in [0.1, 0.15) is 0 Å². The maximum absolute atomic E-state index is 12.4. The Labute approximate surface area is 124 Å². The Bertz CT molecular complexity index is 419. The third-order valence-corrected chi connectivity index (χ3v) is 4.03. The Hall–Kier alpha value is -1.07. The van der Waals surface area contributed by atoms with Gasteiger partial charge < -0.3 is 5.32 Å². The van der Waals surface area contributed by atoms with Crippen LogP contribution in [0.15, 0.2) is 30.3 Å². The van der Waals surface area contributed by atoms with Gasteiger partial charge in [-0.1, -0.05) is 43.7 Å². The van der Waals surface area contributed by atoms with Crippen LogP contribution in [0.4, 0.5) is 13.2 Å². The Morgan fingerprint density at radius 2 is 1.90 bits per heavy atom. The highest BCUT2D eigenvalue weighted by Crippen LogP contribution is 2.22. The molecule has 2 nitrogen and oxygen atoms in total. The molecule has 1 saturated heterocycles. The molecular weight excluding hydrogens is 277 g/mol. The molecule has 0 radical (unpaired) electrons. The number of halogens is 3. The van der Waals surface area contributed by atoms with Crippen molar-refractivity contribution in [2.24, 2.45) is 5.92 Å². The van der Waals surface area contributed by atoms with Gasteiger partial charge in [-0.2, -0.15) is 13.2 Å². The third kappa shape index (κ3) is 5.67. The number of likely N-dealkylation sites (tertiary alicyclic amines) is 1. The van der Waals surface area contributed by atoms with Crippen LogP contribution in [0.3, 0.4) is 0 Å². The topological polar surface area (TPSA) is 15.3 Å². The predicted octanol–water partition coefficient (Wildman–Crippen LogP) is 3.44. The van der Waals surface area contributed by atoms with Crippen molar-refractivity contribution in [3.05, 3.63) is 35.9 Å². The molecule has 0 aliphatic carbocycles.